The van der Waals surface area contributed by atoms with Crippen molar-refractivity contribution in [2.45, 2.75) is 56.9 Å². The van der Waals surface area contributed by atoms with Crippen LogP contribution in [0.1, 0.15) is 60.0 Å². The van der Waals surface area contributed by atoms with Crippen LogP contribution in [0.2, 0.25) is 0 Å². The van der Waals surface area contributed by atoms with E-state index in [0.29, 0.717) is 23.8 Å². The highest BCUT2D eigenvalue weighted by Crippen LogP contribution is 2.29. The van der Waals surface area contributed by atoms with E-state index in [9.17, 15) is 13.2 Å². The lowest BCUT2D eigenvalue weighted by molar-refractivity contribution is 0.102. The highest BCUT2D eigenvalue weighted by molar-refractivity contribution is 7.89. The Hall–Kier alpha value is -1.81. The Kier molecular flexibility index (Phi) is 7.05. The van der Waals surface area contributed by atoms with Crippen molar-refractivity contribution in [3.8, 4) is 0 Å². The molecule has 0 bridgehead atoms. The maximum Gasteiger partial charge on any atom is 0.257 e. The van der Waals surface area contributed by atoms with Gasteiger partial charge in [-0.2, -0.15) is 4.31 Å². The Morgan fingerprint density at radius 1 is 1.10 bits per heavy atom. The first-order valence-electron chi connectivity index (χ1n) is 11.1. The molecule has 2 aromatic rings. The van der Waals surface area contributed by atoms with Crippen molar-refractivity contribution in [3.63, 3.8) is 0 Å². The lowest BCUT2D eigenvalue weighted by atomic mass is 10.2. The zero-order chi connectivity index (χ0) is 21.8. The number of rotatable bonds is 6. The topological polar surface area (TPSA) is 82.6 Å². The number of nitrogens with zero attached hydrogens (tertiary/aromatic N) is 3. The van der Waals surface area contributed by atoms with Crippen LogP contribution in [0.15, 0.2) is 29.2 Å². The van der Waals surface area contributed by atoms with E-state index in [0.717, 1.165) is 63.9 Å². The first-order chi connectivity index (χ1) is 15.0. The summed E-state index contributed by atoms with van der Waals surface area (Å²) in [6, 6.07) is 6.22. The van der Waals surface area contributed by atoms with Crippen molar-refractivity contribution in [2.75, 3.05) is 31.5 Å². The maximum absolute atomic E-state index is 12.9. The lowest BCUT2D eigenvalue weighted by Crippen LogP contribution is -2.31. The van der Waals surface area contributed by atoms with Gasteiger partial charge in [-0.3, -0.25) is 15.0 Å². The van der Waals surface area contributed by atoms with Crippen LogP contribution >= 0.6 is 11.3 Å². The molecule has 9 heteroatoms. The fourth-order valence-corrected chi connectivity index (χ4v) is 6.75. The summed E-state index contributed by atoms with van der Waals surface area (Å²) >= 11 is 1.53. The zero-order valence-electron chi connectivity index (χ0n) is 18.0. The van der Waals surface area contributed by atoms with Gasteiger partial charge in [0, 0.05) is 43.0 Å². The molecular formula is C22H30N4O3S2. The second-order valence-corrected chi connectivity index (χ2v) is 11.2. The number of carbonyl (C=O) groups excluding carboxylic acids is 1. The third-order valence-electron chi connectivity index (χ3n) is 5.89. The van der Waals surface area contributed by atoms with Crippen molar-refractivity contribution in [1.82, 2.24) is 14.2 Å². The second-order valence-electron chi connectivity index (χ2n) is 8.21. The van der Waals surface area contributed by atoms with E-state index < -0.39 is 10.0 Å². The largest absolute Gasteiger partial charge is 0.298 e. The molecule has 0 radical (unpaired) electrons. The molecule has 31 heavy (non-hydrogen) atoms. The third-order valence-corrected chi connectivity index (χ3v) is 8.80. The molecule has 0 spiro atoms. The molecule has 1 aromatic heterocycles. The van der Waals surface area contributed by atoms with E-state index in [-0.39, 0.29) is 10.8 Å². The number of hydrogen-bond acceptors (Lipinski definition) is 6. The molecule has 0 aliphatic carbocycles. The minimum absolute atomic E-state index is 0.242. The van der Waals surface area contributed by atoms with Crippen LogP contribution in [0.25, 0.3) is 0 Å². The number of fused-ring (bicyclic) bond motifs is 1. The van der Waals surface area contributed by atoms with Crippen molar-refractivity contribution < 1.29 is 13.2 Å². The number of hydrogen-bond donors (Lipinski definition) is 1. The predicted octanol–water partition coefficient (Wildman–Crippen LogP) is 3.73. The fourth-order valence-electron chi connectivity index (χ4n) is 4.19. The van der Waals surface area contributed by atoms with Gasteiger partial charge in [-0.1, -0.05) is 19.8 Å². The molecule has 4 rings (SSSR count). The number of anilines is 1. The van der Waals surface area contributed by atoms with Gasteiger partial charge in [-0.25, -0.2) is 13.4 Å². The minimum atomic E-state index is -3.51. The van der Waals surface area contributed by atoms with E-state index in [4.69, 9.17) is 0 Å². The summed E-state index contributed by atoms with van der Waals surface area (Å²) in [5.74, 6) is -0.268. The highest BCUT2D eigenvalue weighted by Gasteiger charge is 2.25. The maximum atomic E-state index is 12.9. The van der Waals surface area contributed by atoms with Crippen LogP contribution < -0.4 is 5.32 Å². The van der Waals surface area contributed by atoms with Gasteiger partial charge in [-0.05, 0) is 50.1 Å². The molecule has 1 saturated heterocycles. The standard InChI is InChI=1S/C22H30N4O3S2/c1-2-12-25-15-11-19-20(16-25)30-22(23-19)24-21(27)17-7-9-18(10-8-17)31(28,29)26-13-5-3-4-6-14-26/h7-10H,2-6,11-16H2,1H3,(H,23,24,27). The first kappa shape index (κ1) is 22.4. The van der Waals surface area contributed by atoms with E-state index >= 15 is 0 Å². The number of benzene rings is 1. The molecular weight excluding hydrogens is 432 g/mol. The van der Waals surface area contributed by atoms with Gasteiger partial charge in [-0.15, -0.1) is 11.3 Å². The Morgan fingerprint density at radius 2 is 1.81 bits per heavy atom. The van der Waals surface area contributed by atoms with Crippen LogP contribution in [-0.2, 0) is 23.0 Å². The number of sulfonamides is 1. The number of carbonyl (C=O) groups is 1. The van der Waals surface area contributed by atoms with Gasteiger partial charge in [0.05, 0.1) is 10.6 Å². The molecule has 2 aliphatic rings. The molecule has 0 unspecified atom stereocenters. The van der Waals surface area contributed by atoms with Crippen LogP contribution in [0.3, 0.4) is 0 Å². The van der Waals surface area contributed by atoms with Crippen molar-refractivity contribution in [3.05, 3.63) is 40.4 Å². The van der Waals surface area contributed by atoms with Crippen molar-refractivity contribution >= 4 is 32.4 Å². The smallest absolute Gasteiger partial charge is 0.257 e. The number of aromatic nitrogens is 1. The average Bonchev–Trinajstić information content (AvgIpc) is 2.96. The molecule has 0 atom stereocenters. The van der Waals surface area contributed by atoms with Crippen molar-refractivity contribution in [1.29, 1.82) is 0 Å². The Bertz CT molecular complexity index is 1010. The third kappa shape index (κ3) is 5.16. The van der Waals surface area contributed by atoms with E-state index in [1.807, 2.05) is 0 Å². The molecule has 3 heterocycles. The summed E-state index contributed by atoms with van der Waals surface area (Å²) in [7, 11) is -3.51. The summed E-state index contributed by atoms with van der Waals surface area (Å²) in [6.07, 6.45) is 5.97. The Morgan fingerprint density at radius 3 is 2.48 bits per heavy atom. The van der Waals surface area contributed by atoms with E-state index in [2.05, 4.69) is 22.1 Å². The van der Waals surface area contributed by atoms with Crippen LogP contribution in [-0.4, -0.2) is 54.7 Å². The van der Waals surface area contributed by atoms with Gasteiger partial charge in [0.1, 0.15) is 0 Å². The molecule has 1 N–H and O–H groups in total. The molecule has 1 aromatic carbocycles. The number of thiazole rings is 1. The molecule has 0 saturated carbocycles. The molecule has 2 aliphatic heterocycles. The van der Waals surface area contributed by atoms with Crippen LogP contribution in [0.5, 0.6) is 0 Å². The average molecular weight is 463 g/mol. The van der Waals surface area contributed by atoms with E-state index in [1.54, 1.807) is 16.4 Å². The molecule has 1 amide bonds. The molecule has 1 fully saturated rings. The SMILES string of the molecule is CCCN1CCc2nc(NC(=O)c3ccc(S(=O)(=O)N4CCCCCC4)cc3)sc2C1. The van der Waals surface area contributed by atoms with Gasteiger partial charge in [0.25, 0.3) is 5.91 Å². The summed E-state index contributed by atoms with van der Waals surface area (Å²) < 4.78 is 27.4. The van der Waals surface area contributed by atoms with Crippen molar-refractivity contribution in [2.24, 2.45) is 0 Å². The van der Waals surface area contributed by atoms with E-state index in [1.165, 1.54) is 28.3 Å². The van der Waals surface area contributed by atoms with Gasteiger partial charge < -0.3 is 0 Å². The number of amides is 1. The molecule has 168 valence electrons. The summed E-state index contributed by atoms with van der Waals surface area (Å²) in [5.41, 5.74) is 1.50. The normalized spacial score (nSPS) is 18.4. The first-order valence-corrected chi connectivity index (χ1v) is 13.4. The Labute approximate surface area is 188 Å². The van der Waals surface area contributed by atoms with Gasteiger partial charge in [0.15, 0.2) is 5.13 Å². The Balaban J connectivity index is 1.42. The summed E-state index contributed by atoms with van der Waals surface area (Å²) in [4.78, 5) is 21.2. The minimum Gasteiger partial charge on any atom is -0.298 e. The second kappa shape index (κ2) is 9.77. The molecule has 7 nitrogen and oxygen atoms in total. The monoisotopic (exact) mass is 462 g/mol. The quantitative estimate of drug-likeness (QED) is 0.707. The number of nitrogens with one attached hydrogen (secondary N) is 1. The van der Waals surface area contributed by atoms with Gasteiger partial charge in [0.2, 0.25) is 10.0 Å². The fraction of sp³-hybridized carbons (Fsp3) is 0.545. The summed E-state index contributed by atoms with van der Waals surface area (Å²) in [6.45, 7) is 6.28. The summed E-state index contributed by atoms with van der Waals surface area (Å²) in [5, 5.41) is 3.49. The zero-order valence-corrected chi connectivity index (χ0v) is 19.6. The van der Waals surface area contributed by atoms with Crippen LogP contribution in [0.4, 0.5) is 5.13 Å². The highest BCUT2D eigenvalue weighted by atomic mass is 32.2. The predicted molar refractivity (Wildman–Crippen MR) is 123 cm³/mol. The van der Waals surface area contributed by atoms with Gasteiger partial charge >= 0.3 is 0 Å². The van der Waals surface area contributed by atoms with Crippen LogP contribution in [0, 0.1) is 0 Å². The lowest BCUT2D eigenvalue weighted by Gasteiger charge is -2.24.